The molecule has 154 valence electrons. The molecule has 0 unspecified atom stereocenters. The molecule has 0 spiro atoms. The van der Waals surface area contributed by atoms with Gasteiger partial charge in [-0.05, 0) is 61.7 Å². The summed E-state index contributed by atoms with van der Waals surface area (Å²) in [6, 6.07) is 8.58. The summed E-state index contributed by atoms with van der Waals surface area (Å²) in [6.45, 7) is 4.75. The Bertz CT molecular complexity index is 1080. The van der Waals surface area contributed by atoms with E-state index in [0.717, 1.165) is 17.4 Å². The lowest BCUT2D eigenvalue weighted by Gasteiger charge is -2.10. The van der Waals surface area contributed by atoms with Gasteiger partial charge in [-0.2, -0.15) is 0 Å². The zero-order valence-corrected chi connectivity index (χ0v) is 17.3. The number of urea groups is 1. The molecule has 3 amide bonds. The molecular formula is C20H22N2O6S. The first-order valence-electron chi connectivity index (χ1n) is 8.63. The highest BCUT2D eigenvalue weighted by atomic mass is 32.2. The number of carbonyl (C=O) groups is 3. The average molecular weight is 418 g/mol. The Kier molecular flexibility index (Phi) is 6.76. The van der Waals surface area contributed by atoms with E-state index in [1.54, 1.807) is 19.1 Å². The maximum Gasteiger partial charge on any atom is 0.338 e. The number of aryl methyl sites for hydroxylation is 3. The van der Waals surface area contributed by atoms with Gasteiger partial charge < -0.3 is 10.1 Å². The van der Waals surface area contributed by atoms with Gasteiger partial charge in [-0.1, -0.05) is 12.1 Å². The van der Waals surface area contributed by atoms with Crippen molar-refractivity contribution in [3.05, 3.63) is 58.7 Å². The number of imide groups is 1. The lowest BCUT2D eigenvalue weighted by Crippen LogP contribution is -2.37. The maximum absolute atomic E-state index is 12.2. The Morgan fingerprint density at radius 2 is 1.59 bits per heavy atom. The normalized spacial score (nSPS) is 10.9. The van der Waals surface area contributed by atoms with Gasteiger partial charge in [-0.3, -0.25) is 10.1 Å². The molecule has 0 heterocycles. The molecule has 2 rings (SSSR count). The molecule has 0 saturated carbocycles. The Hall–Kier alpha value is -3.20. The first-order chi connectivity index (χ1) is 13.5. The molecule has 0 radical (unpaired) electrons. The summed E-state index contributed by atoms with van der Waals surface area (Å²) in [4.78, 5) is 35.9. The molecule has 0 aliphatic heterocycles. The van der Waals surface area contributed by atoms with Crippen LogP contribution in [0.2, 0.25) is 0 Å². The molecule has 0 bridgehead atoms. The van der Waals surface area contributed by atoms with Gasteiger partial charge in [-0.15, -0.1) is 0 Å². The van der Waals surface area contributed by atoms with Crippen LogP contribution >= 0.6 is 0 Å². The highest BCUT2D eigenvalue weighted by Gasteiger charge is 2.17. The standard InChI is InChI=1S/C20H22N2O6S/c1-12-5-7-15(9-14(12)3)21-20(25)22-18(23)11-28-19(24)17-10-16(29(4,26)27)8-6-13(17)2/h5-10H,11H2,1-4H3,(H2,21,22,23,25). The second-order valence-electron chi connectivity index (χ2n) is 6.63. The summed E-state index contributed by atoms with van der Waals surface area (Å²) in [5.74, 6) is -1.69. The molecule has 8 nitrogen and oxygen atoms in total. The molecule has 0 atom stereocenters. The second kappa shape index (κ2) is 8.87. The van der Waals surface area contributed by atoms with Gasteiger partial charge >= 0.3 is 12.0 Å². The van der Waals surface area contributed by atoms with Gasteiger partial charge in [0.25, 0.3) is 5.91 Å². The molecule has 2 aromatic rings. The SMILES string of the molecule is Cc1ccc(NC(=O)NC(=O)COC(=O)c2cc(S(C)(=O)=O)ccc2C)cc1C. The van der Waals surface area contributed by atoms with E-state index in [4.69, 9.17) is 4.74 Å². The fraction of sp³-hybridized carbons (Fsp3) is 0.250. The minimum atomic E-state index is -3.50. The van der Waals surface area contributed by atoms with Crippen LogP contribution in [0, 0.1) is 20.8 Å². The van der Waals surface area contributed by atoms with Crippen molar-refractivity contribution in [3.63, 3.8) is 0 Å². The number of carbonyl (C=O) groups excluding carboxylic acids is 3. The van der Waals surface area contributed by atoms with Crippen molar-refractivity contribution in [2.24, 2.45) is 0 Å². The predicted octanol–water partition coefficient (Wildman–Crippen LogP) is 2.52. The zero-order chi connectivity index (χ0) is 21.8. The van der Waals surface area contributed by atoms with E-state index in [1.807, 2.05) is 19.9 Å². The molecule has 9 heteroatoms. The Balaban J connectivity index is 1.94. The fourth-order valence-electron chi connectivity index (χ4n) is 2.40. The van der Waals surface area contributed by atoms with Crippen molar-refractivity contribution in [3.8, 4) is 0 Å². The number of amides is 3. The third kappa shape index (κ3) is 6.15. The number of rotatable bonds is 5. The van der Waals surface area contributed by atoms with Crippen molar-refractivity contribution in [1.29, 1.82) is 0 Å². The molecule has 2 aromatic carbocycles. The Labute approximate surface area is 169 Å². The van der Waals surface area contributed by atoms with Crippen molar-refractivity contribution in [2.45, 2.75) is 25.7 Å². The number of benzene rings is 2. The van der Waals surface area contributed by atoms with Gasteiger partial charge in [0.05, 0.1) is 10.5 Å². The topological polar surface area (TPSA) is 119 Å². The highest BCUT2D eigenvalue weighted by molar-refractivity contribution is 7.90. The number of sulfone groups is 1. The third-order valence-corrected chi connectivity index (χ3v) is 5.32. The van der Waals surface area contributed by atoms with E-state index in [2.05, 4.69) is 10.6 Å². The highest BCUT2D eigenvalue weighted by Crippen LogP contribution is 2.17. The average Bonchev–Trinajstić information content (AvgIpc) is 2.62. The van der Waals surface area contributed by atoms with Gasteiger partial charge in [-0.25, -0.2) is 18.0 Å². The molecule has 0 saturated heterocycles. The summed E-state index contributed by atoms with van der Waals surface area (Å²) in [5, 5.41) is 4.57. The van der Waals surface area contributed by atoms with Crippen LogP contribution in [0.25, 0.3) is 0 Å². The van der Waals surface area contributed by atoms with Crippen LogP contribution in [0.4, 0.5) is 10.5 Å². The van der Waals surface area contributed by atoms with E-state index in [0.29, 0.717) is 11.3 Å². The largest absolute Gasteiger partial charge is 0.452 e. The number of esters is 1. The van der Waals surface area contributed by atoms with Crippen LogP contribution in [-0.4, -0.2) is 39.2 Å². The number of anilines is 1. The first-order valence-corrected chi connectivity index (χ1v) is 10.5. The first kappa shape index (κ1) is 22.1. The lowest BCUT2D eigenvalue weighted by molar-refractivity contribution is -0.123. The van der Waals surface area contributed by atoms with E-state index in [1.165, 1.54) is 18.2 Å². The van der Waals surface area contributed by atoms with E-state index < -0.39 is 34.4 Å². The van der Waals surface area contributed by atoms with Crippen LogP contribution < -0.4 is 10.6 Å². The zero-order valence-electron chi connectivity index (χ0n) is 16.5. The Morgan fingerprint density at radius 3 is 2.21 bits per heavy atom. The molecule has 0 fully saturated rings. The smallest absolute Gasteiger partial charge is 0.338 e. The number of nitrogens with one attached hydrogen (secondary N) is 2. The van der Waals surface area contributed by atoms with E-state index >= 15 is 0 Å². The van der Waals surface area contributed by atoms with Crippen molar-refractivity contribution in [1.82, 2.24) is 5.32 Å². The molecular weight excluding hydrogens is 396 g/mol. The molecule has 0 aromatic heterocycles. The Morgan fingerprint density at radius 1 is 0.931 bits per heavy atom. The lowest BCUT2D eigenvalue weighted by atomic mass is 10.1. The maximum atomic E-state index is 12.2. The number of ether oxygens (including phenoxy) is 1. The minimum Gasteiger partial charge on any atom is -0.452 e. The van der Waals surface area contributed by atoms with Gasteiger partial charge in [0.2, 0.25) is 0 Å². The number of hydrogen-bond donors (Lipinski definition) is 2. The third-order valence-electron chi connectivity index (χ3n) is 4.21. The van der Waals surface area contributed by atoms with Crippen LogP contribution in [0.15, 0.2) is 41.3 Å². The van der Waals surface area contributed by atoms with Crippen molar-refractivity contribution >= 4 is 33.4 Å². The molecule has 2 N–H and O–H groups in total. The van der Waals surface area contributed by atoms with Gasteiger partial charge in [0, 0.05) is 11.9 Å². The summed E-state index contributed by atoms with van der Waals surface area (Å²) in [7, 11) is -3.50. The molecule has 0 aliphatic rings. The van der Waals surface area contributed by atoms with Crippen molar-refractivity contribution < 1.29 is 27.5 Å². The quantitative estimate of drug-likeness (QED) is 0.720. The predicted molar refractivity (Wildman–Crippen MR) is 108 cm³/mol. The summed E-state index contributed by atoms with van der Waals surface area (Å²) < 4.78 is 28.2. The number of hydrogen-bond acceptors (Lipinski definition) is 6. The molecule has 29 heavy (non-hydrogen) atoms. The summed E-state index contributed by atoms with van der Waals surface area (Å²) in [6.07, 6.45) is 1.02. The monoisotopic (exact) mass is 418 g/mol. The van der Waals surface area contributed by atoms with Crippen LogP contribution in [0.5, 0.6) is 0 Å². The van der Waals surface area contributed by atoms with Gasteiger partial charge in [0.1, 0.15) is 0 Å². The summed E-state index contributed by atoms with van der Waals surface area (Å²) >= 11 is 0. The molecule has 0 aliphatic carbocycles. The summed E-state index contributed by atoms with van der Waals surface area (Å²) in [5.41, 5.74) is 3.09. The van der Waals surface area contributed by atoms with Gasteiger partial charge in [0.15, 0.2) is 16.4 Å². The van der Waals surface area contributed by atoms with E-state index in [-0.39, 0.29) is 10.5 Å². The fourth-order valence-corrected chi connectivity index (χ4v) is 3.05. The van der Waals surface area contributed by atoms with Crippen LogP contribution in [0.3, 0.4) is 0 Å². The van der Waals surface area contributed by atoms with Crippen LogP contribution in [-0.2, 0) is 19.4 Å². The van der Waals surface area contributed by atoms with E-state index in [9.17, 15) is 22.8 Å². The second-order valence-corrected chi connectivity index (χ2v) is 8.64. The van der Waals surface area contributed by atoms with Crippen molar-refractivity contribution in [2.75, 3.05) is 18.2 Å². The van der Waals surface area contributed by atoms with Crippen LogP contribution in [0.1, 0.15) is 27.0 Å². The minimum absolute atomic E-state index is 0.0281.